The lowest BCUT2D eigenvalue weighted by Crippen LogP contribution is -2.29. The fourth-order valence-corrected chi connectivity index (χ4v) is 3.10. The van der Waals surface area contributed by atoms with Crippen LogP contribution < -0.4 is 5.32 Å². The molecule has 2 N–H and O–H groups in total. The zero-order valence-electron chi connectivity index (χ0n) is 12.7. The van der Waals surface area contributed by atoms with Gasteiger partial charge in [0.05, 0.1) is 27.4 Å². The van der Waals surface area contributed by atoms with E-state index in [9.17, 15) is 18.5 Å². The van der Waals surface area contributed by atoms with Crippen LogP contribution in [0.2, 0.25) is 0 Å². The largest absolute Gasteiger partial charge is 0.386 e. The molecule has 0 spiro atoms. The summed E-state index contributed by atoms with van der Waals surface area (Å²) >= 11 is 0. The fourth-order valence-electron chi connectivity index (χ4n) is 2.15. The van der Waals surface area contributed by atoms with E-state index in [0.717, 1.165) is 0 Å². The van der Waals surface area contributed by atoms with E-state index in [2.05, 4.69) is 5.32 Å². The fraction of sp³-hybridized carbons (Fsp3) is 0.235. The Kier molecular flexibility index (Phi) is 6.01. The third-order valence-corrected chi connectivity index (χ3v) is 4.73. The number of carbonyl (C=O) groups is 1. The Hall–Kier alpha value is -2.05. The standard InChI is InChI=1S/C17H18FNO3S/c1-2-23(22)16-10-6-4-8-13(16)17(21)19-11-15(20)12-7-3-5-9-14(12)18/h3-10,15,20H,2,11H2,1H3,(H,19,21). The molecule has 0 aliphatic rings. The minimum absolute atomic E-state index is 0.123. The Balaban J connectivity index is 2.09. The van der Waals surface area contributed by atoms with Crippen LogP contribution in [0, 0.1) is 5.82 Å². The van der Waals surface area contributed by atoms with Crippen LogP contribution >= 0.6 is 0 Å². The Labute approximate surface area is 136 Å². The van der Waals surface area contributed by atoms with E-state index in [1.807, 2.05) is 0 Å². The van der Waals surface area contributed by atoms with E-state index >= 15 is 0 Å². The van der Waals surface area contributed by atoms with Gasteiger partial charge in [-0.2, -0.15) is 0 Å². The molecule has 6 heteroatoms. The second-order valence-electron chi connectivity index (χ2n) is 4.88. The third-order valence-electron chi connectivity index (χ3n) is 3.36. The Bertz CT molecular complexity index is 720. The molecule has 2 atom stereocenters. The first-order chi connectivity index (χ1) is 11.0. The molecule has 0 aromatic heterocycles. The minimum Gasteiger partial charge on any atom is -0.386 e. The van der Waals surface area contributed by atoms with Crippen LogP contribution in [0.5, 0.6) is 0 Å². The summed E-state index contributed by atoms with van der Waals surface area (Å²) in [4.78, 5) is 12.7. The first kappa shape index (κ1) is 17.3. The number of amides is 1. The van der Waals surface area contributed by atoms with Crippen molar-refractivity contribution in [2.24, 2.45) is 0 Å². The number of carbonyl (C=O) groups excluding carboxylic acids is 1. The lowest BCUT2D eigenvalue weighted by atomic mass is 10.1. The van der Waals surface area contributed by atoms with Crippen molar-refractivity contribution in [1.82, 2.24) is 5.32 Å². The number of hydrogen-bond acceptors (Lipinski definition) is 3. The summed E-state index contributed by atoms with van der Waals surface area (Å²) in [5.41, 5.74) is 0.423. The van der Waals surface area contributed by atoms with E-state index in [0.29, 0.717) is 16.2 Å². The highest BCUT2D eigenvalue weighted by atomic mass is 32.2. The lowest BCUT2D eigenvalue weighted by molar-refractivity contribution is 0.0911. The third kappa shape index (κ3) is 4.24. The summed E-state index contributed by atoms with van der Waals surface area (Å²) in [5.74, 6) is -0.568. The molecule has 0 saturated heterocycles. The second kappa shape index (κ2) is 7.99. The molecule has 0 bridgehead atoms. The average molecular weight is 335 g/mol. The second-order valence-corrected chi connectivity index (χ2v) is 6.59. The summed E-state index contributed by atoms with van der Waals surface area (Å²) in [6, 6.07) is 12.5. The van der Waals surface area contributed by atoms with Crippen LogP contribution in [-0.2, 0) is 10.8 Å². The van der Waals surface area contributed by atoms with E-state index in [-0.39, 0.29) is 12.1 Å². The van der Waals surface area contributed by atoms with Crippen LogP contribution in [0.1, 0.15) is 28.9 Å². The van der Waals surface area contributed by atoms with Crippen molar-refractivity contribution >= 4 is 16.7 Å². The molecule has 0 fully saturated rings. The quantitative estimate of drug-likeness (QED) is 0.852. The van der Waals surface area contributed by atoms with Gasteiger partial charge >= 0.3 is 0 Å². The van der Waals surface area contributed by atoms with Gasteiger partial charge < -0.3 is 10.4 Å². The van der Waals surface area contributed by atoms with Crippen LogP contribution in [0.15, 0.2) is 53.4 Å². The van der Waals surface area contributed by atoms with Gasteiger partial charge in [-0.25, -0.2) is 4.39 Å². The molecule has 2 rings (SSSR count). The van der Waals surface area contributed by atoms with Gasteiger partial charge in [0, 0.05) is 17.9 Å². The molecule has 0 aliphatic carbocycles. The molecule has 0 aliphatic heterocycles. The van der Waals surface area contributed by atoms with Crippen molar-refractivity contribution in [3.8, 4) is 0 Å². The van der Waals surface area contributed by atoms with Crippen molar-refractivity contribution < 1.29 is 18.5 Å². The van der Waals surface area contributed by atoms with Crippen LogP contribution in [0.25, 0.3) is 0 Å². The lowest BCUT2D eigenvalue weighted by Gasteiger charge is -2.14. The predicted octanol–water partition coefficient (Wildman–Crippen LogP) is 2.42. The molecule has 2 aromatic rings. The molecule has 2 unspecified atom stereocenters. The first-order valence-corrected chi connectivity index (χ1v) is 8.54. The maximum absolute atomic E-state index is 13.6. The molecule has 0 radical (unpaired) electrons. The molecule has 0 saturated carbocycles. The Morgan fingerprint density at radius 3 is 2.57 bits per heavy atom. The Morgan fingerprint density at radius 2 is 1.87 bits per heavy atom. The number of hydrogen-bond donors (Lipinski definition) is 2. The van der Waals surface area contributed by atoms with E-state index in [1.54, 1.807) is 37.3 Å². The SMILES string of the molecule is CCS(=O)c1ccccc1C(=O)NCC(O)c1ccccc1F. The summed E-state index contributed by atoms with van der Waals surface area (Å²) in [6.45, 7) is 1.64. The van der Waals surface area contributed by atoms with Crippen LogP contribution in [0.3, 0.4) is 0 Å². The normalized spacial score (nSPS) is 13.3. The highest BCUT2D eigenvalue weighted by Gasteiger charge is 2.17. The van der Waals surface area contributed by atoms with Gasteiger partial charge in [0.25, 0.3) is 5.91 Å². The Morgan fingerprint density at radius 1 is 1.22 bits per heavy atom. The first-order valence-electron chi connectivity index (χ1n) is 7.22. The molecule has 122 valence electrons. The predicted molar refractivity (Wildman–Crippen MR) is 87.1 cm³/mol. The van der Waals surface area contributed by atoms with Gasteiger partial charge in [0.2, 0.25) is 0 Å². The summed E-state index contributed by atoms with van der Waals surface area (Å²) in [7, 11) is -1.26. The molecular formula is C17H18FNO3S. The van der Waals surface area contributed by atoms with Gasteiger partial charge in [-0.3, -0.25) is 9.00 Å². The smallest absolute Gasteiger partial charge is 0.252 e. The van der Waals surface area contributed by atoms with Crippen molar-refractivity contribution in [3.05, 3.63) is 65.5 Å². The van der Waals surface area contributed by atoms with Gasteiger partial charge in [-0.05, 0) is 18.2 Å². The summed E-state index contributed by atoms with van der Waals surface area (Å²) in [5, 5.41) is 12.6. The summed E-state index contributed by atoms with van der Waals surface area (Å²) < 4.78 is 25.6. The van der Waals surface area contributed by atoms with Crippen molar-refractivity contribution in [2.75, 3.05) is 12.3 Å². The van der Waals surface area contributed by atoms with E-state index < -0.39 is 28.6 Å². The van der Waals surface area contributed by atoms with Crippen molar-refractivity contribution in [3.63, 3.8) is 0 Å². The van der Waals surface area contributed by atoms with Crippen molar-refractivity contribution in [2.45, 2.75) is 17.9 Å². The topological polar surface area (TPSA) is 66.4 Å². The number of halogens is 1. The van der Waals surface area contributed by atoms with Crippen LogP contribution in [-0.4, -0.2) is 27.5 Å². The number of benzene rings is 2. The zero-order chi connectivity index (χ0) is 16.8. The maximum Gasteiger partial charge on any atom is 0.252 e. The molecule has 0 heterocycles. The summed E-state index contributed by atoms with van der Waals surface area (Å²) in [6.07, 6.45) is -1.15. The van der Waals surface area contributed by atoms with Gasteiger partial charge in [-0.1, -0.05) is 37.3 Å². The average Bonchev–Trinajstić information content (AvgIpc) is 2.59. The monoisotopic (exact) mass is 335 g/mol. The van der Waals surface area contributed by atoms with Crippen LogP contribution in [0.4, 0.5) is 4.39 Å². The molecule has 4 nitrogen and oxygen atoms in total. The van der Waals surface area contributed by atoms with Gasteiger partial charge in [-0.15, -0.1) is 0 Å². The highest BCUT2D eigenvalue weighted by molar-refractivity contribution is 7.85. The molecule has 1 amide bonds. The minimum atomic E-state index is -1.26. The van der Waals surface area contributed by atoms with Crippen molar-refractivity contribution in [1.29, 1.82) is 0 Å². The van der Waals surface area contributed by atoms with E-state index in [1.165, 1.54) is 18.2 Å². The van der Waals surface area contributed by atoms with E-state index in [4.69, 9.17) is 0 Å². The number of rotatable bonds is 6. The zero-order valence-corrected chi connectivity index (χ0v) is 13.5. The molecule has 2 aromatic carbocycles. The molecule has 23 heavy (non-hydrogen) atoms. The molecular weight excluding hydrogens is 317 g/mol. The number of aliphatic hydroxyl groups is 1. The van der Waals surface area contributed by atoms with Gasteiger partial charge in [0.15, 0.2) is 0 Å². The highest BCUT2D eigenvalue weighted by Crippen LogP contribution is 2.17. The number of aliphatic hydroxyl groups excluding tert-OH is 1. The van der Waals surface area contributed by atoms with Gasteiger partial charge in [0.1, 0.15) is 5.82 Å². The number of nitrogens with one attached hydrogen (secondary N) is 1. The maximum atomic E-state index is 13.6.